The molecule has 1 aromatic carbocycles. The fourth-order valence-electron chi connectivity index (χ4n) is 1.45. The van der Waals surface area contributed by atoms with Gasteiger partial charge in [0, 0.05) is 6.42 Å². The van der Waals surface area contributed by atoms with Crippen molar-refractivity contribution in [1.82, 2.24) is 0 Å². The first-order valence-electron chi connectivity index (χ1n) is 5.08. The van der Waals surface area contributed by atoms with Gasteiger partial charge >= 0.3 is 0 Å². The largest absolute Gasteiger partial charge is 0.497 e. The number of ether oxygens (including phenoxy) is 1. The zero-order valence-electron chi connectivity index (χ0n) is 9.53. The van der Waals surface area contributed by atoms with Crippen molar-refractivity contribution in [2.45, 2.75) is 26.4 Å². The molecule has 0 saturated heterocycles. The summed E-state index contributed by atoms with van der Waals surface area (Å²) in [7, 11) is 1.65. The number of aliphatic hydroxyl groups excluding tert-OH is 1. The van der Waals surface area contributed by atoms with Gasteiger partial charge in [0.2, 0.25) is 0 Å². The van der Waals surface area contributed by atoms with Crippen molar-refractivity contribution in [3.8, 4) is 5.75 Å². The Kier molecular flexibility index (Phi) is 4.37. The lowest BCUT2D eigenvalue weighted by atomic mass is 10.1. The summed E-state index contributed by atoms with van der Waals surface area (Å²) in [6.45, 7) is 3.97. The molecule has 1 N–H and O–H groups in total. The van der Waals surface area contributed by atoms with Crippen molar-refractivity contribution >= 4 is 0 Å². The van der Waals surface area contributed by atoms with E-state index in [-0.39, 0.29) is 0 Å². The molecule has 2 heteroatoms. The highest BCUT2D eigenvalue weighted by atomic mass is 16.5. The number of aliphatic hydroxyl groups is 1. The molecule has 0 aliphatic carbocycles. The van der Waals surface area contributed by atoms with Crippen LogP contribution in [0.15, 0.2) is 35.9 Å². The van der Waals surface area contributed by atoms with Crippen LogP contribution in [0.2, 0.25) is 0 Å². The minimum absolute atomic E-state index is 0.400. The summed E-state index contributed by atoms with van der Waals surface area (Å²) in [5.41, 5.74) is 2.25. The molecule has 1 unspecified atom stereocenters. The first-order valence-corrected chi connectivity index (χ1v) is 5.08. The number of hydrogen-bond donors (Lipinski definition) is 1. The molecule has 0 aromatic heterocycles. The first-order chi connectivity index (χ1) is 7.11. The van der Waals surface area contributed by atoms with E-state index in [4.69, 9.17) is 4.74 Å². The third-order valence-corrected chi connectivity index (χ3v) is 2.13. The van der Waals surface area contributed by atoms with Crippen molar-refractivity contribution in [2.75, 3.05) is 7.11 Å². The first kappa shape index (κ1) is 11.8. The maximum Gasteiger partial charge on any atom is 0.118 e. The van der Waals surface area contributed by atoms with Gasteiger partial charge in [0.15, 0.2) is 0 Å². The lowest BCUT2D eigenvalue weighted by Gasteiger charge is -2.07. The van der Waals surface area contributed by atoms with Gasteiger partial charge in [0.25, 0.3) is 0 Å². The van der Waals surface area contributed by atoms with E-state index in [9.17, 15) is 5.11 Å². The van der Waals surface area contributed by atoms with Crippen LogP contribution in [0.3, 0.4) is 0 Å². The molecular weight excluding hydrogens is 188 g/mol. The Bertz CT molecular complexity index is 321. The van der Waals surface area contributed by atoms with Crippen molar-refractivity contribution in [2.24, 2.45) is 0 Å². The van der Waals surface area contributed by atoms with Gasteiger partial charge in [-0.1, -0.05) is 23.8 Å². The SMILES string of the molecule is COc1ccc(CC(O)C=C(C)C)cc1. The number of methoxy groups -OCH3 is 1. The van der Waals surface area contributed by atoms with Crippen molar-refractivity contribution in [1.29, 1.82) is 0 Å². The van der Waals surface area contributed by atoms with E-state index in [1.165, 1.54) is 0 Å². The van der Waals surface area contributed by atoms with Crippen molar-refractivity contribution < 1.29 is 9.84 Å². The number of hydrogen-bond acceptors (Lipinski definition) is 2. The molecule has 1 aromatic rings. The molecule has 82 valence electrons. The van der Waals surface area contributed by atoms with E-state index >= 15 is 0 Å². The second-order valence-corrected chi connectivity index (χ2v) is 3.86. The standard InChI is InChI=1S/C13H18O2/c1-10(2)8-12(14)9-11-4-6-13(15-3)7-5-11/h4-8,12,14H,9H2,1-3H3. The number of benzene rings is 1. The molecule has 0 aliphatic heterocycles. The Morgan fingerprint density at radius 2 is 1.93 bits per heavy atom. The summed E-state index contributed by atoms with van der Waals surface area (Å²) in [5.74, 6) is 0.843. The molecule has 0 spiro atoms. The molecule has 0 heterocycles. The third kappa shape index (κ3) is 4.17. The molecule has 0 saturated carbocycles. The van der Waals surface area contributed by atoms with E-state index in [0.29, 0.717) is 6.42 Å². The van der Waals surface area contributed by atoms with E-state index in [1.54, 1.807) is 7.11 Å². The normalized spacial score (nSPS) is 12.0. The molecular formula is C13H18O2. The molecule has 0 fully saturated rings. The van der Waals surface area contributed by atoms with E-state index < -0.39 is 6.10 Å². The fourth-order valence-corrected chi connectivity index (χ4v) is 1.45. The van der Waals surface area contributed by atoms with Gasteiger partial charge in [-0.2, -0.15) is 0 Å². The van der Waals surface area contributed by atoms with Crippen molar-refractivity contribution in [3.05, 3.63) is 41.5 Å². The molecule has 0 bridgehead atoms. The molecule has 0 amide bonds. The zero-order chi connectivity index (χ0) is 11.3. The maximum atomic E-state index is 9.69. The average Bonchev–Trinajstić information content (AvgIpc) is 2.17. The highest BCUT2D eigenvalue weighted by molar-refractivity contribution is 5.28. The topological polar surface area (TPSA) is 29.5 Å². The van der Waals surface area contributed by atoms with Crippen LogP contribution in [-0.2, 0) is 6.42 Å². The summed E-state index contributed by atoms with van der Waals surface area (Å²) in [6, 6.07) is 7.76. The van der Waals surface area contributed by atoms with Gasteiger partial charge in [-0.25, -0.2) is 0 Å². The van der Waals surface area contributed by atoms with Gasteiger partial charge in [-0.05, 0) is 31.5 Å². The van der Waals surface area contributed by atoms with Crippen LogP contribution in [0.5, 0.6) is 5.75 Å². The summed E-state index contributed by atoms with van der Waals surface area (Å²) in [5, 5.41) is 9.69. The molecule has 1 rings (SSSR count). The van der Waals surface area contributed by atoms with E-state index in [1.807, 2.05) is 44.2 Å². The van der Waals surface area contributed by atoms with Gasteiger partial charge in [0.1, 0.15) is 5.75 Å². The van der Waals surface area contributed by atoms with Crippen LogP contribution in [-0.4, -0.2) is 18.3 Å². The van der Waals surface area contributed by atoms with Crippen LogP contribution >= 0.6 is 0 Å². The molecule has 15 heavy (non-hydrogen) atoms. The zero-order valence-corrected chi connectivity index (χ0v) is 9.53. The van der Waals surface area contributed by atoms with Crippen LogP contribution in [0, 0.1) is 0 Å². The molecule has 0 radical (unpaired) electrons. The summed E-state index contributed by atoms with van der Waals surface area (Å²) in [4.78, 5) is 0. The fraction of sp³-hybridized carbons (Fsp3) is 0.385. The molecule has 2 nitrogen and oxygen atoms in total. The van der Waals surface area contributed by atoms with Crippen molar-refractivity contribution in [3.63, 3.8) is 0 Å². The second kappa shape index (κ2) is 5.56. The second-order valence-electron chi connectivity index (χ2n) is 3.86. The predicted octanol–water partition coefficient (Wildman–Crippen LogP) is 2.56. The number of rotatable bonds is 4. The smallest absolute Gasteiger partial charge is 0.118 e. The van der Waals surface area contributed by atoms with Gasteiger partial charge < -0.3 is 9.84 Å². The number of allylic oxidation sites excluding steroid dienone is 1. The van der Waals surface area contributed by atoms with Gasteiger partial charge in [-0.15, -0.1) is 0 Å². The Hall–Kier alpha value is -1.28. The molecule has 1 atom stereocenters. The predicted molar refractivity (Wildman–Crippen MR) is 62.1 cm³/mol. The van der Waals surface area contributed by atoms with Crippen LogP contribution in [0.1, 0.15) is 19.4 Å². The Morgan fingerprint density at radius 1 is 1.33 bits per heavy atom. The van der Waals surface area contributed by atoms with Gasteiger partial charge in [0.05, 0.1) is 13.2 Å². The summed E-state index contributed by atoms with van der Waals surface area (Å²) in [6.07, 6.45) is 2.11. The Labute approximate surface area is 91.2 Å². The lowest BCUT2D eigenvalue weighted by molar-refractivity contribution is 0.223. The van der Waals surface area contributed by atoms with Crippen LogP contribution < -0.4 is 4.74 Å². The quantitative estimate of drug-likeness (QED) is 0.767. The van der Waals surface area contributed by atoms with E-state index in [2.05, 4.69) is 0 Å². The Morgan fingerprint density at radius 3 is 2.40 bits per heavy atom. The summed E-state index contributed by atoms with van der Waals surface area (Å²) >= 11 is 0. The van der Waals surface area contributed by atoms with Crippen LogP contribution in [0.4, 0.5) is 0 Å². The van der Waals surface area contributed by atoms with Gasteiger partial charge in [-0.3, -0.25) is 0 Å². The summed E-state index contributed by atoms with van der Waals surface area (Å²) < 4.78 is 5.06. The average molecular weight is 206 g/mol. The highest BCUT2D eigenvalue weighted by Crippen LogP contribution is 2.13. The minimum Gasteiger partial charge on any atom is -0.497 e. The van der Waals surface area contributed by atoms with E-state index in [0.717, 1.165) is 16.9 Å². The van der Waals surface area contributed by atoms with Crippen LogP contribution in [0.25, 0.3) is 0 Å². The molecule has 0 aliphatic rings. The third-order valence-electron chi connectivity index (χ3n) is 2.13. The minimum atomic E-state index is -0.400. The maximum absolute atomic E-state index is 9.69. The highest BCUT2D eigenvalue weighted by Gasteiger charge is 2.02. The lowest BCUT2D eigenvalue weighted by Crippen LogP contribution is -2.07. The monoisotopic (exact) mass is 206 g/mol. The Balaban J connectivity index is 2.61.